The molecule has 1 N–H and O–H groups in total. The molecule has 0 aliphatic heterocycles. The fourth-order valence-electron chi connectivity index (χ4n) is 2.13. The van der Waals surface area contributed by atoms with Gasteiger partial charge in [0.25, 0.3) is 5.91 Å². The molecule has 126 valence electrons. The van der Waals surface area contributed by atoms with Crippen molar-refractivity contribution in [2.24, 2.45) is 0 Å². The SMILES string of the molecule is CC=Cc1ccc(OCC(=O)NCc2ccccc2Cl)c(OC)c1. The van der Waals surface area contributed by atoms with E-state index in [1.165, 1.54) is 0 Å². The van der Waals surface area contributed by atoms with Crippen molar-refractivity contribution in [3.63, 3.8) is 0 Å². The van der Waals surface area contributed by atoms with Gasteiger partial charge < -0.3 is 14.8 Å². The van der Waals surface area contributed by atoms with Gasteiger partial charge in [0.2, 0.25) is 0 Å². The lowest BCUT2D eigenvalue weighted by Gasteiger charge is -2.12. The van der Waals surface area contributed by atoms with Crippen molar-refractivity contribution in [1.29, 1.82) is 0 Å². The lowest BCUT2D eigenvalue weighted by Crippen LogP contribution is -2.28. The monoisotopic (exact) mass is 345 g/mol. The molecule has 0 aromatic heterocycles. The minimum Gasteiger partial charge on any atom is -0.493 e. The van der Waals surface area contributed by atoms with Crippen LogP contribution in [-0.2, 0) is 11.3 Å². The van der Waals surface area contributed by atoms with Gasteiger partial charge in [0.15, 0.2) is 18.1 Å². The minimum absolute atomic E-state index is 0.0935. The van der Waals surface area contributed by atoms with E-state index in [9.17, 15) is 4.79 Å². The second-order valence-corrected chi connectivity index (χ2v) is 5.47. The van der Waals surface area contributed by atoms with Crippen LogP contribution in [0, 0.1) is 0 Å². The quantitative estimate of drug-likeness (QED) is 0.822. The molecule has 0 unspecified atom stereocenters. The van der Waals surface area contributed by atoms with E-state index in [2.05, 4.69) is 5.32 Å². The van der Waals surface area contributed by atoms with Gasteiger partial charge in [0, 0.05) is 11.6 Å². The van der Waals surface area contributed by atoms with Crippen LogP contribution in [0.5, 0.6) is 11.5 Å². The highest BCUT2D eigenvalue weighted by atomic mass is 35.5. The number of halogens is 1. The predicted molar refractivity (Wildman–Crippen MR) is 96.5 cm³/mol. The summed E-state index contributed by atoms with van der Waals surface area (Å²) in [4.78, 5) is 11.9. The summed E-state index contributed by atoms with van der Waals surface area (Å²) in [5, 5.41) is 3.40. The first-order valence-electron chi connectivity index (χ1n) is 7.57. The smallest absolute Gasteiger partial charge is 0.258 e. The van der Waals surface area contributed by atoms with Gasteiger partial charge in [-0.2, -0.15) is 0 Å². The summed E-state index contributed by atoms with van der Waals surface area (Å²) in [6.07, 6.45) is 3.90. The van der Waals surface area contributed by atoms with Crippen LogP contribution in [0.4, 0.5) is 0 Å². The third-order valence-electron chi connectivity index (χ3n) is 3.34. The molecule has 1 amide bonds. The Morgan fingerprint density at radius 1 is 1.21 bits per heavy atom. The second-order valence-electron chi connectivity index (χ2n) is 5.07. The molecule has 0 aliphatic carbocycles. The average Bonchev–Trinajstić information content (AvgIpc) is 2.60. The van der Waals surface area contributed by atoms with E-state index < -0.39 is 0 Å². The van der Waals surface area contributed by atoms with Gasteiger partial charge in [0.05, 0.1) is 7.11 Å². The zero-order valence-electron chi connectivity index (χ0n) is 13.7. The van der Waals surface area contributed by atoms with Crippen molar-refractivity contribution in [3.8, 4) is 11.5 Å². The van der Waals surface area contributed by atoms with Crippen molar-refractivity contribution in [2.75, 3.05) is 13.7 Å². The summed E-state index contributed by atoms with van der Waals surface area (Å²) >= 11 is 6.06. The standard InChI is InChI=1S/C19H20ClNO3/c1-3-6-14-9-10-17(18(11-14)23-2)24-13-19(22)21-12-15-7-4-5-8-16(15)20/h3-11H,12-13H2,1-2H3,(H,21,22). The van der Waals surface area contributed by atoms with E-state index in [0.29, 0.717) is 23.1 Å². The number of rotatable bonds is 7. The third kappa shape index (κ3) is 5.03. The van der Waals surface area contributed by atoms with E-state index >= 15 is 0 Å². The van der Waals surface area contributed by atoms with Crippen molar-refractivity contribution in [2.45, 2.75) is 13.5 Å². The molecule has 0 spiro atoms. The van der Waals surface area contributed by atoms with Gasteiger partial charge in [-0.1, -0.05) is 48.0 Å². The van der Waals surface area contributed by atoms with Crippen LogP contribution in [-0.4, -0.2) is 19.6 Å². The van der Waals surface area contributed by atoms with Crippen molar-refractivity contribution in [3.05, 3.63) is 64.7 Å². The Labute approximate surface area is 147 Å². The maximum atomic E-state index is 11.9. The summed E-state index contributed by atoms with van der Waals surface area (Å²) in [6, 6.07) is 12.9. The first kappa shape index (κ1) is 17.9. The normalized spacial score (nSPS) is 10.6. The Hall–Kier alpha value is -2.46. The zero-order chi connectivity index (χ0) is 17.4. The molecule has 2 rings (SSSR count). The van der Waals surface area contributed by atoms with Crippen molar-refractivity contribution in [1.82, 2.24) is 5.32 Å². The largest absolute Gasteiger partial charge is 0.493 e. The molecule has 0 aliphatic rings. The van der Waals surface area contributed by atoms with E-state index in [1.807, 2.05) is 49.4 Å². The van der Waals surface area contributed by atoms with Crippen LogP contribution in [0.1, 0.15) is 18.1 Å². The lowest BCUT2D eigenvalue weighted by atomic mass is 10.2. The summed E-state index contributed by atoms with van der Waals surface area (Å²) in [5.41, 5.74) is 1.87. The molecule has 5 heteroatoms. The highest BCUT2D eigenvalue weighted by Crippen LogP contribution is 2.28. The van der Waals surface area contributed by atoms with Crippen LogP contribution in [0.3, 0.4) is 0 Å². The Kier molecular flexibility index (Phi) is 6.70. The second kappa shape index (κ2) is 8.99. The van der Waals surface area contributed by atoms with Crippen molar-refractivity contribution >= 4 is 23.6 Å². The van der Waals surface area contributed by atoms with E-state index in [0.717, 1.165) is 11.1 Å². The summed E-state index contributed by atoms with van der Waals surface area (Å²) < 4.78 is 10.8. The number of allylic oxidation sites excluding steroid dienone is 1. The Balaban J connectivity index is 1.90. The summed E-state index contributed by atoms with van der Waals surface area (Å²) in [5.74, 6) is 0.887. The molecule has 24 heavy (non-hydrogen) atoms. The number of hydrogen-bond acceptors (Lipinski definition) is 3. The fraction of sp³-hybridized carbons (Fsp3) is 0.211. The minimum atomic E-state index is -0.227. The molecular formula is C19H20ClNO3. The third-order valence-corrected chi connectivity index (χ3v) is 3.71. The molecule has 0 heterocycles. The predicted octanol–water partition coefficient (Wildman–Crippen LogP) is 4.08. The van der Waals surface area contributed by atoms with Gasteiger partial charge in [-0.05, 0) is 36.2 Å². The summed E-state index contributed by atoms with van der Waals surface area (Å²) in [7, 11) is 1.57. The number of benzene rings is 2. The Morgan fingerprint density at radius 2 is 2.00 bits per heavy atom. The lowest BCUT2D eigenvalue weighted by molar-refractivity contribution is -0.123. The van der Waals surface area contributed by atoms with Gasteiger partial charge in [0.1, 0.15) is 0 Å². The maximum Gasteiger partial charge on any atom is 0.258 e. The Bertz CT molecular complexity index is 728. The first-order valence-corrected chi connectivity index (χ1v) is 7.95. The number of ether oxygens (including phenoxy) is 2. The number of carbonyl (C=O) groups is 1. The summed E-state index contributed by atoms with van der Waals surface area (Å²) in [6.45, 7) is 2.21. The number of methoxy groups -OCH3 is 1. The molecular weight excluding hydrogens is 326 g/mol. The number of hydrogen-bond donors (Lipinski definition) is 1. The molecule has 0 fully saturated rings. The van der Waals surface area contributed by atoms with E-state index in [1.54, 1.807) is 19.2 Å². The van der Waals surface area contributed by atoms with Crippen LogP contribution in [0.15, 0.2) is 48.5 Å². The van der Waals surface area contributed by atoms with E-state index in [4.69, 9.17) is 21.1 Å². The molecule has 0 atom stereocenters. The number of nitrogens with one attached hydrogen (secondary N) is 1. The maximum absolute atomic E-state index is 11.9. The molecule has 2 aromatic carbocycles. The molecule has 0 saturated carbocycles. The van der Waals surface area contributed by atoms with Gasteiger partial charge >= 0.3 is 0 Å². The van der Waals surface area contributed by atoms with Crippen LogP contribution >= 0.6 is 11.6 Å². The zero-order valence-corrected chi connectivity index (χ0v) is 14.5. The highest BCUT2D eigenvalue weighted by molar-refractivity contribution is 6.31. The number of amides is 1. The van der Waals surface area contributed by atoms with Gasteiger partial charge in [-0.15, -0.1) is 0 Å². The average molecular weight is 346 g/mol. The van der Waals surface area contributed by atoms with Gasteiger partial charge in [-0.3, -0.25) is 4.79 Å². The molecule has 0 bridgehead atoms. The molecule has 0 radical (unpaired) electrons. The van der Waals surface area contributed by atoms with Crippen LogP contribution in [0.2, 0.25) is 5.02 Å². The highest BCUT2D eigenvalue weighted by Gasteiger charge is 2.08. The van der Waals surface area contributed by atoms with Crippen LogP contribution < -0.4 is 14.8 Å². The van der Waals surface area contributed by atoms with Gasteiger partial charge in [-0.25, -0.2) is 0 Å². The van der Waals surface area contributed by atoms with E-state index in [-0.39, 0.29) is 12.5 Å². The topological polar surface area (TPSA) is 47.6 Å². The van der Waals surface area contributed by atoms with Crippen LogP contribution in [0.25, 0.3) is 6.08 Å². The fourth-order valence-corrected chi connectivity index (χ4v) is 2.33. The Morgan fingerprint density at radius 3 is 2.71 bits per heavy atom. The number of carbonyl (C=O) groups excluding carboxylic acids is 1. The molecule has 2 aromatic rings. The molecule has 0 saturated heterocycles. The molecule has 4 nitrogen and oxygen atoms in total. The van der Waals surface area contributed by atoms with Crippen molar-refractivity contribution < 1.29 is 14.3 Å². The first-order chi connectivity index (χ1) is 11.6.